The minimum absolute atomic E-state index is 0.0853. The zero-order chi connectivity index (χ0) is 18.6. The van der Waals surface area contributed by atoms with E-state index in [1.165, 1.54) is 38.5 Å². The molecular formula is C22H28N4O. The second-order valence-corrected chi connectivity index (χ2v) is 9.23. The normalized spacial score (nSPS) is 32.4. The van der Waals surface area contributed by atoms with Crippen molar-refractivity contribution < 1.29 is 4.79 Å². The van der Waals surface area contributed by atoms with Crippen LogP contribution in [0, 0.1) is 30.1 Å². The summed E-state index contributed by atoms with van der Waals surface area (Å²) < 4.78 is 0. The van der Waals surface area contributed by atoms with Crippen LogP contribution in [0.25, 0.3) is 5.69 Å². The number of aryl methyl sites for hydroxylation is 1. The lowest BCUT2D eigenvalue weighted by molar-refractivity contribution is -0.0688. The third-order valence-electron chi connectivity index (χ3n) is 7.34. The molecule has 5 heteroatoms. The van der Waals surface area contributed by atoms with Crippen molar-refractivity contribution in [2.75, 3.05) is 0 Å². The van der Waals surface area contributed by atoms with E-state index >= 15 is 0 Å². The standard InChI is InChI=1S/C22H28N4O/c1-14-20(25-26(24-14)19-6-4-3-5-7-19)21(27)23-15(2)22-11-16-8-17(12-22)10-18(9-16)13-22/h3-7,15-18H,8-13H2,1-2H3,(H,23,27)/t15-,16?,17?,18?,22?/m1/s1. The van der Waals surface area contributed by atoms with Crippen LogP contribution >= 0.6 is 0 Å². The van der Waals surface area contributed by atoms with E-state index in [1.54, 1.807) is 4.80 Å². The number of benzene rings is 1. The number of hydrogen-bond donors (Lipinski definition) is 1. The van der Waals surface area contributed by atoms with E-state index in [4.69, 9.17) is 0 Å². The molecule has 5 nitrogen and oxygen atoms in total. The summed E-state index contributed by atoms with van der Waals surface area (Å²) >= 11 is 0. The Kier molecular flexibility index (Phi) is 3.88. The third kappa shape index (κ3) is 2.88. The molecule has 0 aliphatic heterocycles. The molecule has 1 aromatic heterocycles. The molecule has 4 aliphatic carbocycles. The van der Waals surface area contributed by atoms with Crippen molar-refractivity contribution in [3.05, 3.63) is 41.7 Å². The van der Waals surface area contributed by atoms with E-state index < -0.39 is 0 Å². The summed E-state index contributed by atoms with van der Waals surface area (Å²) in [4.78, 5) is 14.5. The fourth-order valence-electron chi connectivity index (χ4n) is 6.39. The quantitative estimate of drug-likeness (QED) is 0.895. The highest BCUT2D eigenvalue weighted by Crippen LogP contribution is 2.61. The van der Waals surface area contributed by atoms with Gasteiger partial charge in [0.2, 0.25) is 0 Å². The Morgan fingerprint density at radius 2 is 1.67 bits per heavy atom. The van der Waals surface area contributed by atoms with Gasteiger partial charge in [0.15, 0.2) is 5.69 Å². The molecule has 1 N–H and O–H groups in total. The summed E-state index contributed by atoms with van der Waals surface area (Å²) in [6, 6.07) is 9.94. The second-order valence-electron chi connectivity index (χ2n) is 9.23. The van der Waals surface area contributed by atoms with Crippen LogP contribution in [0.15, 0.2) is 30.3 Å². The zero-order valence-corrected chi connectivity index (χ0v) is 16.2. The van der Waals surface area contributed by atoms with Gasteiger partial charge in [-0.2, -0.15) is 9.90 Å². The SMILES string of the molecule is Cc1nn(-c2ccccc2)nc1C(=O)N[C@H](C)C12CC3CC(CC(C3)C1)C2. The van der Waals surface area contributed by atoms with Crippen molar-refractivity contribution in [3.8, 4) is 5.69 Å². The van der Waals surface area contributed by atoms with E-state index in [2.05, 4.69) is 22.4 Å². The lowest BCUT2D eigenvalue weighted by Gasteiger charge is -2.59. The summed E-state index contributed by atoms with van der Waals surface area (Å²) in [6.07, 6.45) is 8.13. The number of carbonyl (C=O) groups excluding carboxylic acids is 1. The van der Waals surface area contributed by atoms with Gasteiger partial charge in [0.05, 0.1) is 11.4 Å². The molecule has 1 amide bonds. The number of carbonyl (C=O) groups is 1. The average Bonchev–Trinajstić information content (AvgIpc) is 3.03. The molecule has 0 saturated heterocycles. The van der Waals surface area contributed by atoms with Gasteiger partial charge in [0.1, 0.15) is 0 Å². The maximum Gasteiger partial charge on any atom is 0.273 e. The van der Waals surface area contributed by atoms with Gasteiger partial charge in [-0.1, -0.05) is 18.2 Å². The molecule has 142 valence electrons. The van der Waals surface area contributed by atoms with E-state index in [0.29, 0.717) is 16.8 Å². The first-order valence-corrected chi connectivity index (χ1v) is 10.3. The van der Waals surface area contributed by atoms with Gasteiger partial charge in [0, 0.05) is 6.04 Å². The van der Waals surface area contributed by atoms with Gasteiger partial charge in [-0.05, 0) is 87.7 Å². The number of nitrogens with one attached hydrogen (secondary N) is 1. The van der Waals surface area contributed by atoms with Crippen LogP contribution in [0.4, 0.5) is 0 Å². The minimum Gasteiger partial charge on any atom is -0.348 e. The van der Waals surface area contributed by atoms with Crippen molar-refractivity contribution in [3.63, 3.8) is 0 Å². The monoisotopic (exact) mass is 364 g/mol. The zero-order valence-electron chi connectivity index (χ0n) is 16.2. The summed E-state index contributed by atoms with van der Waals surface area (Å²) in [5.41, 5.74) is 2.28. The number of nitrogens with zero attached hydrogens (tertiary/aromatic N) is 3. The fraction of sp³-hybridized carbons (Fsp3) is 0.591. The first-order valence-electron chi connectivity index (χ1n) is 10.3. The van der Waals surface area contributed by atoms with Crippen molar-refractivity contribution in [1.29, 1.82) is 0 Å². The van der Waals surface area contributed by atoms with Crippen molar-refractivity contribution >= 4 is 5.91 Å². The van der Waals surface area contributed by atoms with Crippen LogP contribution in [-0.2, 0) is 0 Å². The molecule has 0 radical (unpaired) electrons. The Morgan fingerprint density at radius 3 is 2.26 bits per heavy atom. The molecule has 6 rings (SSSR count). The highest BCUT2D eigenvalue weighted by atomic mass is 16.2. The van der Waals surface area contributed by atoms with Crippen LogP contribution in [0.5, 0.6) is 0 Å². The first kappa shape index (κ1) is 17.0. The van der Waals surface area contributed by atoms with Gasteiger partial charge in [-0.15, -0.1) is 5.10 Å². The number of aromatic nitrogens is 3. The van der Waals surface area contributed by atoms with Crippen LogP contribution < -0.4 is 5.32 Å². The predicted molar refractivity (Wildman–Crippen MR) is 104 cm³/mol. The van der Waals surface area contributed by atoms with Gasteiger partial charge in [-0.25, -0.2) is 0 Å². The molecule has 1 atom stereocenters. The summed E-state index contributed by atoms with van der Waals surface area (Å²) in [7, 11) is 0. The van der Waals surface area contributed by atoms with Crippen LogP contribution in [0.2, 0.25) is 0 Å². The third-order valence-corrected chi connectivity index (χ3v) is 7.34. The summed E-state index contributed by atoms with van der Waals surface area (Å²) in [6.45, 7) is 4.07. The van der Waals surface area contributed by atoms with Gasteiger partial charge in [0.25, 0.3) is 5.91 Å². The molecule has 1 heterocycles. The molecule has 1 aromatic carbocycles. The minimum atomic E-state index is -0.0853. The van der Waals surface area contributed by atoms with Crippen LogP contribution in [0.3, 0.4) is 0 Å². The van der Waals surface area contributed by atoms with Crippen molar-refractivity contribution in [2.24, 2.45) is 23.2 Å². The van der Waals surface area contributed by atoms with Gasteiger partial charge >= 0.3 is 0 Å². The molecule has 4 bridgehead atoms. The Labute approximate surface area is 160 Å². The molecule has 0 unspecified atom stereocenters. The van der Waals surface area contributed by atoms with Crippen molar-refractivity contribution in [2.45, 2.75) is 58.4 Å². The maximum atomic E-state index is 13.0. The van der Waals surface area contributed by atoms with Crippen LogP contribution in [0.1, 0.15) is 61.6 Å². The smallest absolute Gasteiger partial charge is 0.273 e. The lowest BCUT2D eigenvalue weighted by atomic mass is 9.48. The van der Waals surface area contributed by atoms with E-state index in [9.17, 15) is 4.79 Å². The molecule has 4 fully saturated rings. The molecular weight excluding hydrogens is 336 g/mol. The van der Waals surface area contributed by atoms with E-state index in [1.807, 2.05) is 37.3 Å². The first-order chi connectivity index (χ1) is 13.0. The topological polar surface area (TPSA) is 59.8 Å². The Balaban J connectivity index is 1.34. The molecule has 2 aromatic rings. The molecule has 4 saturated carbocycles. The number of para-hydroxylation sites is 1. The lowest BCUT2D eigenvalue weighted by Crippen LogP contribution is -2.55. The van der Waals surface area contributed by atoms with Gasteiger partial charge < -0.3 is 5.32 Å². The Hall–Kier alpha value is -2.17. The Morgan fingerprint density at radius 1 is 1.07 bits per heavy atom. The largest absolute Gasteiger partial charge is 0.348 e. The summed E-state index contributed by atoms with van der Waals surface area (Å²) in [5, 5.41) is 12.2. The number of hydrogen-bond acceptors (Lipinski definition) is 3. The molecule has 27 heavy (non-hydrogen) atoms. The van der Waals surface area contributed by atoms with E-state index in [-0.39, 0.29) is 11.9 Å². The van der Waals surface area contributed by atoms with Crippen LogP contribution in [-0.4, -0.2) is 26.9 Å². The summed E-state index contributed by atoms with van der Waals surface area (Å²) in [5.74, 6) is 2.57. The fourth-order valence-corrected chi connectivity index (χ4v) is 6.39. The highest BCUT2D eigenvalue weighted by Gasteiger charge is 2.53. The number of rotatable bonds is 4. The van der Waals surface area contributed by atoms with Gasteiger partial charge in [-0.3, -0.25) is 4.79 Å². The number of amides is 1. The highest BCUT2D eigenvalue weighted by molar-refractivity contribution is 5.93. The molecule has 4 aliphatic rings. The second kappa shape index (κ2) is 6.18. The average molecular weight is 364 g/mol. The molecule has 0 spiro atoms. The van der Waals surface area contributed by atoms with Crippen molar-refractivity contribution in [1.82, 2.24) is 20.3 Å². The maximum absolute atomic E-state index is 13.0. The predicted octanol–water partition coefficient (Wildman–Crippen LogP) is 3.91. The Bertz CT molecular complexity index is 821. The van der Waals surface area contributed by atoms with E-state index in [0.717, 1.165) is 23.4 Å².